The van der Waals surface area contributed by atoms with Crippen molar-refractivity contribution in [3.8, 4) is 0 Å². The van der Waals surface area contributed by atoms with Gasteiger partial charge in [-0.2, -0.15) is 0 Å². The summed E-state index contributed by atoms with van der Waals surface area (Å²) in [4.78, 5) is 40.4. The lowest BCUT2D eigenvalue weighted by Gasteiger charge is -2.43. The second-order valence-electron chi connectivity index (χ2n) is 8.73. The Bertz CT molecular complexity index is 957. The molecule has 4 rings (SSSR count). The molecule has 1 aliphatic carbocycles. The van der Waals surface area contributed by atoms with Gasteiger partial charge in [-0.1, -0.05) is 75.2 Å². The Morgan fingerprint density at radius 1 is 1.00 bits per heavy atom. The molecule has 0 saturated carbocycles. The van der Waals surface area contributed by atoms with Crippen LogP contribution in [0.25, 0.3) is 0 Å². The number of amides is 2. The lowest BCUT2D eigenvalue weighted by molar-refractivity contribution is -0.154. The van der Waals surface area contributed by atoms with Crippen LogP contribution >= 0.6 is 0 Å². The van der Waals surface area contributed by atoms with Gasteiger partial charge in [0.25, 0.3) is 0 Å². The number of fused-ring (bicyclic) bond motifs is 1. The van der Waals surface area contributed by atoms with E-state index in [1.807, 2.05) is 30.3 Å². The second kappa shape index (κ2) is 9.04. The zero-order chi connectivity index (χ0) is 22.0. The number of aldehydes is 1. The average Bonchev–Trinajstić information content (AvgIpc) is 3.22. The molecule has 0 spiro atoms. The van der Waals surface area contributed by atoms with Crippen LogP contribution in [0.4, 0.5) is 0 Å². The summed E-state index contributed by atoms with van der Waals surface area (Å²) in [7, 11) is 0. The minimum Gasteiger partial charge on any atom is -0.342 e. The van der Waals surface area contributed by atoms with E-state index in [0.29, 0.717) is 5.56 Å². The van der Waals surface area contributed by atoms with E-state index < -0.39 is 12.1 Å². The summed E-state index contributed by atoms with van der Waals surface area (Å²) in [5.41, 5.74) is 3.86. The first-order valence-corrected chi connectivity index (χ1v) is 11.3. The predicted octanol–water partition coefficient (Wildman–Crippen LogP) is 3.55. The molecular formula is C26H30N2O3. The highest BCUT2D eigenvalue weighted by atomic mass is 16.2. The SMILES string of the molecule is CCC(CC)[C@@H]1C(=O)NC(C2Cc3ccccc3C2)C(=O)N1Cc1ccccc1C=O. The van der Waals surface area contributed by atoms with E-state index in [1.165, 1.54) is 11.1 Å². The lowest BCUT2D eigenvalue weighted by atomic mass is 9.86. The van der Waals surface area contributed by atoms with Crippen molar-refractivity contribution < 1.29 is 14.4 Å². The van der Waals surface area contributed by atoms with E-state index >= 15 is 0 Å². The Hall–Kier alpha value is -2.95. The maximum absolute atomic E-state index is 13.8. The van der Waals surface area contributed by atoms with Crippen LogP contribution in [0.2, 0.25) is 0 Å². The standard InChI is InChI=1S/C26H30N2O3/c1-3-17(4-2)24-25(30)27-23(22-13-18-9-5-6-10-19(18)14-22)26(31)28(24)15-20-11-7-8-12-21(20)16-29/h5-12,16-17,22-24H,3-4,13-15H2,1-2H3,(H,27,30)/t23?,24-/m1/s1. The summed E-state index contributed by atoms with van der Waals surface area (Å²) in [6.45, 7) is 4.39. The fraction of sp³-hybridized carbons (Fsp3) is 0.423. The molecule has 1 heterocycles. The van der Waals surface area contributed by atoms with Gasteiger partial charge < -0.3 is 10.2 Å². The number of piperazine rings is 1. The molecule has 2 amide bonds. The Labute approximate surface area is 183 Å². The summed E-state index contributed by atoms with van der Waals surface area (Å²) >= 11 is 0. The van der Waals surface area contributed by atoms with Gasteiger partial charge in [-0.3, -0.25) is 14.4 Å². The smallest absolute Gasteiger partial charge is 0.246 e. The van der Waals surface area contributed by atoms with E-state index in [0.717, 1.165) is 37.5 Å². The van der Waals surface area contributed by atoms with Crippen LogP contribution in [-0.2, 0) is 29.0 Å². The van der Waals surface area contributed by atoms with Crippen molar-refractivity contribution in [2.24, 2.45) is 11.8 Å². The molecule has 2 aliphatic rings. The number of hydrogen-bond acceptors (Lipinski definition) is 3. The van der Waals surface area contributed by atoms with Crippen molar-refractivity contribution in [2.45, 2.75) is 58.2 Å². The van der Waals surface area contributed by atoms with Gasteiger partial charge >= 0.3 is 0 Å². The zero-order valence-corrected chi connectivity index (χ0v) is 18.2. The van der Waals surface area contributed by atoms with Crippen LogP contribution in [0.1, 0.15) is 53.7 Å². The average molecular weight is 419 g/mol. The van der Waals surface area contributed by atoms with E-state index in [1.54, 1.807) is 11.0 Å². The maximum atomic E-state index is 13.8. The predicted molar refractivity (Wildman–Crippen MR) is 120 cm³/mol. The first kappa shape index (κ1) is 21.3. The summed E-state index contributed by atoms with van der Waals surface area (Å²) in [5.74, 6) is 0.0298. The highest BCUT2D eigenvalue weighted by molar-refractivity contribution is 5.97. The van der Waals surface area contributed by atoms with E-state index in [-0.39, 0.29) is 30.2 Å². The highest BCUT2D eigenvalue weighted by Crippen LogP contribution is 2.33. The molecule has 1 saturated heterocycles. The van der Waals surface area contributed by atoms with Gasteiger partial charge in [0.15, 0.2) is 0 Å². The molecule has 1 N–H and O–H groups in total. The van der Waals surface area contributed by atoms with Crippen LogP contribution in [0, 0.1) is 11.8 Å². The van der Waals surface area contributed by atoms with E-state index in [4.69, 9.17) is 0 Å². The van der Waals surface area contributed by atoms with Gasteiger partial charge in [-0.05, 0) is 41.4 Å². The maximum Gasteiger partial charge on any atom is 0.246 e. The van der Waals surface area contributed by atoms with Gasteiger partial charge in [-0.15, -0.1) is 0 Å². The third kappa shape index (κ3) is 4.01. The molecule has 0 aromatic heterocycles. The third-order valence-electron chi connectivity index (χ3n) is 7.02. The van der Waals surface area contributed by atoms with Gasteiger partial charge in [0.2, 0.25) is 11.8 Å². The van der Waals surface area contributed by atoms with Gasteiger partial charge in [0.1, 0.15) is 18.4 Å². The zero-order valence-electron chi connectivity index (χ0n) is 18.2. The van der Waals surface area contributed by atoms with Crippen molar-refractivity contribution in [1.29, 1.82) is 0 Å². The fourth-order valence-electron chi connectivity index (χ4n) is 5.26. The van der Waals surface area contributed by atoms with Crippen LogP contribution in [0.5, 0.6) is 0 Å². The Morgan fingerprint density at radius 3 is 2.23 bits per heavy atom. The van der Waals surface area contributed by atoms with Crippen LogP contribution in [-0.4, -0.2) is 35.1 Å². The van der Waals surface area contributed by atoms with E-state index in [9.17, 15) is 14.4 Å². The van der Waals surface area contributed by atoms with Crippen LogP contribution in [0.15, 0.2) is 48.5 Å². The third-order valence-corrected chi connectivity index (χ3v) is 7.02. The number of carbonyl (C=O) groups excluding carboxylic acids is 3. The quantitative estimate of drug-likeness (QED) is 0.700. The van der Waals surface area contributed by atoms with Gasteiger partial charge in [0, 0.05) is 12.1 Å². The minimum atomic E-state index is -0.533. The number of carbonyl (C=O) groups is 3. The fourth-order valence-corrected chi connectivity index (χ4v) is 5.26. The van der Waals surface area contributed by atoms with Crippen LogP contribution in [0.3, 0.4) is 0 Å². The molecule has 0 bridgehead atoms. The monoisotopic (exact) mass is 418 g/mol. The number of nitrogens with one attached hydrogen (secondary N) is 1. The highest BCUT2D eigenvalue weighted by Gasteiger charge is 2.47. The summed E-state index contributed by atoms with van der Waals surface area (Å²) in [6.07, 6.45) is 4.03. The molecule has 1 unspecified atom stereocenters. The molecule has 5 heteroatoms. The molecule has 31 heavy (non-hydrogen) atoms. The second-order valence-corrected chi connectivity index (χ2v) is 8.73. The Kier molecular flexibility index (Phi) is 6.21. The van der Waals surface area contributed by atoms with Crippen molar-refractivity contribution in [3.63, 3.8) is 0 Å². The molecule has 2 aromatic rings. The van der Waals surface area contributed by atoms with E-state index in [2.05, 4.69) is 31.3 Å². The number of benzene rings is 2. The molecule has 5 nitrogen and oxygen atoms in total. The number of hydrogen-bond donors (Lipinski definition) is 1. The normalized spacial score (nSPS) is 21.3. The lowest BCUT2D eigenvalue weighted by Crippen LogP contribution is -2.66. The Morgan fingerprint density at radius 2 is 1.61 bits per heavy atom. The molecular weight excluding hydrogens is 388 g/mol. The number of nitrogens with zero attached hydrogens (tertiary/aromatic N) is 1. The van der Waals surface area contributed by atoms with Crippen molar-refractivity contribution in [2.75, 3.05) is 0 Å². The first-order valence-electron chi connectivity index (χ1n) is 11.3. The largest absolute Gasteiger partial charge is 0.342 e. The summed E-state index contributed by atoms with van der Waals surface area (Å²) < 4.78 is 0. The molecule has 2 atom stereocenters. The number of rotatable bonds is 7. The Balaban J connectivity index is 1.66. The first-order chi connectivity index (χ1) is 15.1. The van der Waals surface area contributed by atoms with Crippen molar-refractivity contribution in [3.05, 3.63) is 70.8 Å². The molecule has 1 aliphatic heterocycles. The summed E-state index contributed by atoms with van der Waals surface area (Å²) in [5, 5.41) is 3.09. The van der Waals surface area contributed by atoms with Crippen molar-refractivity contribution in [1.82, 2.24) is 10.2 Å². The van der Waals surface area contributed by atoms with Gasteiger partial charge in [-0.25, -0.2) is 0 Å². The molecule has 162 valence electrons. The molecule has 1 fully saturated rings. The molecule has 2 aromatic carbocycles. The van der Waals surface area contributed by atoms with Crippen molar-refractivity contribution >= 4 is 18.1 Å². The van der Waals surface area contributed by atoms with Gasteiger partial charge in [0.05, 0.1) is 0 Å². The minimum absolute atomic E-state index is 0.0324. The molecule has 0 radical (unpaired) electrons. The summed E-state index contributed by atoms with van der Waals surface area (Å²) in [6, 6.07) is 14.5. The topological polar surface area (TPSA) is 66.5 Å². The van der Waals surface area contributed by atoms with Crippen LogP contribution < -0.4 is 5.32 Å².